The number of carboxylic acids is 1. The van der Waals surface area contributed by atoms with Gasteiger partial charge in [0.25, 0.3) is 0 Å². The summed E-state index contributed by atoms with van der Waals surface area (Å²) >= 11 is 0. The lowest BCUT2D eigenvalue weighted by Crippen LogP contribution is -2.53. The first kappa shape index (κ1) is 20.3. The average molecular weight is 424 g/mol. The van der Waals surface area contributed by atoms with Gasteiger partial charge in [-0.2, -0.15) is 0 Å². The Labute approximate surface area is 170 Å². The Bertz CT molecular complexity index is 949. The van der Waals surface area contributed by atoms with Crippen LogP contribution in [0, 0.1) is 23.6 Å². The Morgan fingerprint density at radius 1 is 1.10 bits per heavy atom. The lowest BCUT2D eigenvalue weighted by Gasteiger charge is -2.51. The number of nitrogens with zero attached hydrogens (tertiary/aromatic N) is 1. The van der Waals surface area contributed by atoms with E-state index >= 15 is 0 Å². The molecule has 1 N–H and O–H groups in total. The first-order valence-electron chi connectivity index (χ1n) is 10.1. The number of hydrogen-bond acceptors (Lipinski definition) is 4. The fraction of sp³-hybridized carbons (Fsp3) is 0.619. The Morgan fingerprint density at radius 3 is 2.24 bits per heavy atom. The highest BCUT2D eigenvalue weighted by molar-refractivity contribution is 7.92. The molecule has 1 heterocycles. The second kappa shape index (κ2) is 6.79. The van der Waals surface area contributed by atoms with Gasteiger partial charge in [-0.3, -0.25) is 9.59 Å². The summed E-state index contributed by atoms with van der Waals surface area (Å²) in [7, 11) is -3.65. The van der Waals surface area contributed by atoms with Gasteiger partial charge in [0.05, 0.1) is 15.6 Å². The summed E-state index contributed by atoms with van der Waals surface area (Å²) in [6.45, 7) is 2.06. The van der Waals surface area contributed by atoms with Gasteiger partial charge < -0.3 is 10.0 Å². The van der Waals surface area contributed by atoms with Crippen LogP contribution in [0.5, 0.6) is 0 Å². The molecule has 5 rings (SSSR count). The molecule has 1 amide bonds. The molecule has 1 aromatic rings. The third kappa shape index (κ3) is 3.16. The maximum atomic E-state index is 13.5. The van der Waals surface area contributed by atoms with Crippen molar-refractivity contribution < 1.29 is 27.5 Å². The van der Waals surface area contributed by atoms with Gasteiger partial charge in [0.1, 0.15) is 5.82 Å². The van der Waals surface area contributed by atoms with Crippen LogP contribution in [0.15, 0.2) is 23.1 Å². The van der Waals surface area contributed by atoms with Crippen LogP contribution in [0.25, 0.3) is 0 Å². The number of hydrogen-bond donors (Lipinski definition) is 1. The number of halogens is 1. The zero-order chi connectivity index (χ0) is 21.0. The minimum atomic E-state index is -3.65. The number of carbonyl (C=O) groups is 2. The van der Waals surface area contributed by atoms with Crippen LogP contribution in [0.4, 0.5) is 4.39 Å². The van der Waals surface area contributed by atoms with E-state index in [9.17, 15) is 27.5 Å². The van der Waals surface area contributed by atoms with Gasteiger partial charge in [-0.25, -0.2) is 12.8 Å². The molecule has 29 heavy (non-hydrogen) atoms. The van der Waals surface area contributed by atoms with Crippen LogP contribution in [-0.2, 0) is 19.4 Å². The third-order valence-corrected chi connectivity index (χ3v) is 9.66. The summed E-state index contributed by atoms with van der Waals surface area (Å²) in [4.78, 5) is 26.6. The molecule has 1 aliphatic heterocycles. The van der Waals surface area contributed by atoms with Gasteiger partial charge >= 0.3 is 5.97 Å². The molecular weight excluding hydrogens is 397 g/mol. The Hall–Kier alpha value is -1.96. The van der Waals surface area contributed by atoms with Gasteiger partial charge in [-0.05, 0) is 75.6 Å². The quantitative estimate of drug-likeness (QED) is 0.752. The van der Waals surface area contributed by atoms with Crippen molar-refractivity contribution in [2.75, 3.05) is 13.1 Å². The zero-order valence-corrected chi connectivity index (χ0v) is 17.3. The van der Waals surface area contributed by atoms with Crippen LogP contribution >= 0.6 is 0 Å². The van der Waals surface area contributed by atoms with Crippen molar-refractivity contribution in [2.24, 2.45) is 10.8 Å². The fourth-order valence-electron chi connectivity index (χ4n) is 5.32. The van der Waals surface area contributed by atoms with Crippen LogP contribution in [0.3, 0.4) is 0 Å². The number of aryl methyl sites for hydroxylation is 1. The van der Waals surface area contributed by atoms with E-state index in [-0.39, 0.29) is 22.9 Å². The topological polar surface area (TPSA) is 91.8 Å². The fourth-order valence-corrected chi connectivity index (χ4v) is 7.09. The predicted octanol–water partition coefficient (Wildman–Crippen LogP) is 2.93. The third-order valence-electron chi connectivity index (χ3n) is 7.48. The molecule has 1 unspecified atom stereocenters. The molecule has 4 fully saturated rings. The summed E-state index contributed by atoms with van der Waals surface area (Å²) in [5.41, 5.74) is -0.941. The van der Waals surface area contributed by atoms with Crippen molar-refractivity contribution in [1.82, 2.24) is 4.90 Å². The first-order valence-corrected chi connectivity index (χ1v) is 11.7. The van der Waals surface area contributed by atoms with E-state index in [1.807, 2.05) is 0 Å². The lowest BCUT2D eigenvalue weighted by molar-refractivity contribution is -0.166. The molecule has 4 aliphatic rings. The minimum absolute atomic E-state index is 0.0239. The smallest absolute Gasteiger partial charge is 0.309 e. The van der Waals surface area contributed by atoms with Gasteiger partial charge in [0.2, 0.25) is 5.91 Å². The monoisotopic (exact) mass is 423 g/mol. The highest BCUT2D eigenvalue weighted by Crippen LogP contribution is 2.57. The van der Waals surface area contributed by atoms with E-state index in [1.54, 1.807) is 4.90 Å². The van der Waals surface area contributed by atoms with Crippen molar-refractivity contribution in [1.29, 1.82) is 0 Å². The van der Waals surface area contributed by atoms with Crippen LogP contribution in [0.1, 0.15) is 50.5 Å². The molecule has 6 nitrogen and oxygen atoms in total. The minimum Gasteiger partial charge on any atom is -0.481 e. The summed E-state index contributed by atoms with van der Waals surface area (Å²) < 4.78 is 39.5. The van der Waals surface area contributed by atoms with E-state index < -0.39 is 37.7 Å². The van der Waals surface area contributed by atoms with Gasteiger partial charge in [-0.15, -0.1) is 0 Å². The number of likely N-dealkylation sites (tertiary alicyclic amines) is 1. The largest absolute Gasteiger partial charge is 0.481 e. The molecule has 158 valence electrons. The standard InChI is InChI=1S/C21H26FNO5S/c1-14-12-15(2-3-17(14)22)29(27,28)16-4-11-23(13-16)18(24)20-5-8-21(9-6-20,10-7-20)19(25)26/h2-3,12,16H,4-11,13H2,1H3,(H,25,26). The van der Waals surface area contributed by atoms with Crippen molar-refractivity contribution in [2.45, 2.75) is 62.0 Å². The normalized spacial score (nSPS) is 31.8. The SMILES string of the molecule is Cc1cc(S(=O)(=O)C2CCN(C(=O)C34CCC(C(=O)O)(CC3)CC4)C2)ccc1F. The number of carbonyl (C=O) groups excluding carboxylic acids is 1. The molecular formula is C21H26FNO5S. The highest BCUT2D eigenvalue weighted by Gasteiger charge is 2.57. The second-order valence-electron chi connectivity index (χ2n) is 8.98. The summed E-state index contributed by atoms with van der Waals surface area (Å²) in [6.07, 6.45) is 3.57. The Kier molecular flexibility index (Phi) is 4.76. The molecule has 3 saturated carbocycles. The van der Waals surface area contributed by atoms with E-state index in [1.165, 1.54) is 19.1 Å². The van der Waals surface area contributed by atoms with Crippen LogP contribution in [-0.4, -0.2) is 48.6 Å². The predicted molar refractivity (Wildman–Crippen MR) is 104 cm³/mol. The number of sulfone groups is 1. The zero-order valence-electron chi connectivity index (χ0n) is 16.5. The molecule has 0 spiro atoms. The average Bonchev–Trinajstić information content (AvgIpc) is 3.21. The Balaban J connectivity index is 1.48. The molecule has 3 aliphatic carbocycles. The van der Waals surface area contributed by atoms with Crippen molar-refractivity contribution >= 4 is 21.7 Å². The summed E-state index contributed by atoms with van der Waals surface area (Å²) in [5, 5.41) is 8.83. The number of benzene rings is 1. The van der Waals surface area contributed by atoms with Crippen LogP contribution < -0.4 is 0 Å². The molecule has 8 heteroatoms. The molecule has 0 aromatic heterocycles. The molecule has 2 bridgehead atoms. The highest BCUT2D eigenvalue weighted by atomic mass is 32.2. The van der Waals surface area contributed by atoms with Gasteiger partial charge in [-0.1, -0.05) is 0 Å². The number of carboxylic acid groups (broad SMARTS) is 1. The second-order valence-corrected chi connectivity index (χ2v) is 11.2. The van der Waals surface area contributed by atoms with E-state index in [0.29, 0.717) is 51.5 Å². The molecule has 0 radical (unpaired) electrons. The van der Waals surface area contributed by atoms with Crippen molar-refractivity contribution in [3.8, 4) is 0 Å². The molecule has 1 atom stereocenters. The lowest BCUT2D eigenvalue weighted by atomic mass is 9.53. The number of rotatable bonds is 4. The van der Waals surface area contributed by atoms with E-state index in [0.717, 1.165) is 6.07 Å². The van der Waals surface area contributed by atoms with Crippen LogP contribution in [0.2, 0.25) is 0 Å². The first-order chi connectivity index (χ1) is 13.6. The molecule has 1 aromatic carbocycles. The maximum Gasteiger partial charge on any atom is 0.309 e. The van der Waals surface area contributed by atoms with E-state index in [4.69, 9.17) is 0 Å². The van der Waals surface area contributed by atoms with Gasteiger partial charge in [0, 0.05) is 18.5 Å². The Morgan fingerprint density at radius 2 is 1.69 bits per heavy atom. The van der Waals surface area contributed by atoms with Crippen molar-refractivity contribution in [3.05, 3.63) is 29.6 Å². The summed E-state index contributed by atoms with van der Waals surface area (Å²) in [6, 6.07) is 3.80. The number of amides is 1. The number of fused-ring (bicyclic) bond motifs is 3. The van der Waals surface area contributed by atoms with E-state index in [2.05, 4.69) is 0 Å². The number of aliphatic carboxylic acids is 1. The maximum absolute atomic E-state index is 13.5. The van der Waals surface area contributed by atoms with Gasteiger partial charge in [0.15, 0.2) is 9.84 Å². The summed E-state index contributed by atoms with van der Waals surface area (Å²) in [5.74, 6) is -1.23. The van der Waals surface area contributed by atoms with Crippen molar-refractivity contribution in [3.63, 3.8) is 0 Å². The molecule has 1 saturated heterocycles.